The summed E-state index contributed by atoms with van der Waals surface area (Å²) in [7, 11) is 0. The minimum Gasteiger partial charge on any atom is -0.467 e. The molecule has 0 N–H and O–H groups in total. The number of halogens is 3. The van der Waals surface area contributed by atoms with Crippen LogP contribution in [0.15, 0.2) is 64.6 Å². The van der Waals surface area contributed by atoms with E-state index in [0.717, 1.165) is 17.0 Å². The van der Waals surface area contributed by atoms with Gasteiger partial charge in [-0.2, -0.15) is 13.2 Å². The fraction of sp³-hybridized carbons (Fsp3) is 0.286. The number of benzene rings is 1. The molecule has 0 saturated carbocycles. The number of thiophene rings is 1. The Morgan fingerprint density at radius 3 is 2.43 bits per heavy atom. The standard InChI is InChI=1S/C21H20F3NO2S/c1-15(16-6-8-17(9-7-16)21(22,23)24)12-20(26)25(13-18-4-2-10-27-18)14-19-5-3-11-28-19/h2-11,15H,12-14H2,1H3. The third-order valence-electron chi connectivity index (χ3n) is 4.49. The summed E-state index contributed by atoms with van der Waals surface area (Å²) in [5.74, 6) is 0.418. The van der Waals surface area contributed by atoms with Crippen LogP contribution in [0.2, 0.25) is 0 Å². The topological polar surface area (TPSA) is 33.5 Å². The van der Waals surface area contributed by atoms with E-state index in [4.69, 9.17) is 4.42 Å². The molecular weight excluding hydrogens is 387 g/mol. The van der Waals surface area contributed by atoms with Crippen molar-refractivity contribution in [2.24, 2.45) is 0 Å². The fourth-order valence-corrected chi connectivity index (χ4v) is 3.64. The summed E-state index contributed by atoms with van der Waals surface area (Å²) in [5.41, 5.74) is 0.0161. The average molecular weight is 407 g/mol. The quantitative estimate of drug-likeness (QED) is 0.475. The molecule has 0 fully saturated rings. The molecule has 3 aromatic rings. The fourth-order valence-electron chi connectivity index (χ4n) is 2.92. The van der Waals surface area contributed by atoms with E-state index >= 15 is 0 Å². The van der Waals surface area contributed by atoms with Crippen molar-refractivity contribution in [3.8, 4) is 0 Å². The predicted molar refractivity (Wildman–Crippen MR) is 102 cm³/mol. The van der Waals surface area contributed by atoms with Crippen LogP contribution in [-0.4, -0.2) is 10.8 Å². The Labute approximate surface area is 165 Å². The lowest BCUT2D eigenvalue weighted by Gasteiger charge is -2.23. The van der Waals surface area contributed by atoms with Gasteiger partial charge in [-0.15, -0.1) is 11.3 Å². The van der Waals surface area contributed by atoms with E-state index in [-0.39, 0.29) is 18.2 Å². The first-order valence-corrected chi connectivity index (χ1v) is 9.70. The Morgan fingerprint density at radius 1 is 1.11 bits per heavy atom. The lowest BCUT2D eigenvalue weighted by Crippen LogP contribution is -2.30. The van der Waals surface area contributed by atoms with Gasteiger partial charge in [-0.3, -0.25) is 4.79 Å². The van der Waals surface area contributed by atoms with Gasteiger partial charge >= 0.3 is 6.18 Å². The molecule has 7 heteroatoms. The molecule has 1 amide bonds. The van der Waals surface area contributed by atoms with E-state index in [1.165, 1.54) is 12.1 Å². The molecule has 0 saturated heterocycles. The second kappa shape index (κ2) is 8.65. The molecule has 0 aliphatic rings. The minimum absolute atomic E-state index is 0.0720. The second-order valence-electron chi connectivity index (χ2n) is 6.63. The number of carbonyl (C=O) groups excluding carboxylic acids is 1. The molecule has 1 aromatic carbocycles. The molecule has 3 nitrogen and oxygen atoms in total. The number of carbonyl (C=O) groups is 1. The zero-order valence-electron chi connectivity index (χ0n) is 15.3. The Hall–Kier alpha value is -2.54. The SMILES string of the molecule is CC(CC(=O)N(Cc1ccco1)Cc1cccs1)c1ccc(C(F)(F)F)cc1. The molecule has 28 heavy (non-hydrogen) atoms. The number of alkyl halides is 3. The highest BCUT2D eigenvalue weighted by molar-refractivity contribution is 7.09. The number of furan rings is 1. The molecule has 0 bridgehead atoms. The minimum atomic E-state index is -4.36. The number of hydrogen-bond donors (Lipinski definition) is 0. The maximum absolute atomic E-state index is 12.9. The highest BCUT2D eigenvalue weighted by atomic mass is 32.1. The van der Waals surface area contributed by atoms with Crippen molar-refractivity contribution < 1.29 is 22.4 Å². The summed E-state index contributed by atoms with van der Waals surface area (Å²) >= 11 is 1.57. The van der Waals surface area contributed by atoms with Crippen LogP contribution in [0.1, 0.15) is 41.0 Å². The van der Waals surface area contributed by atoms with Gasteiger partial charge in [0.1, 0.15) is 5.76 Å². The van der Waals surface area contributed by atoms with E-state index in [2.05, 4.69) is 0 Å². The number of hydrogen-bond acceptors (Lipinski definition) is 3. The van der Waals surface area contributed by atoms with Crippen molar-refractivity contribution in [3.63, 3.8) is 0 Å². The van der Waals surface area contributed by atoms with E-state index in [1.807, 2.05) is 30.5 Å². The molecule has 1 atom stereocenters. The molecule has 0 aliphatic carbocycles. The third kappa shape index (κ3) is 5.25. The van der Waals surface area contributed by atoms with Gasteiger partial charge in [-0.1, -0.05) is 25.1 Å². The first-order chi connectivity index (χ1) is 13.3. The maximum atomic E-state index is 12.9. The summed E-state index contributed by atoms with van der Waals surface area (Å²) in [5, 5.41) is 1.95. The third-order valence-corrected chi connectivity index (χ3v) is 5.36. The molecule has 1 unspecified atom stereocenters. The van der Waals surface area contributed by atoms with Gasteiger partial charge in [-0.25, -0.2) is 0 Å². The Bertz CT molecular complexity index is 835. The smallest absolute Gasteiger partial charge is 0.416 e. The molecule has 0 radical (unpaired) electrons. The molecule has 3 rings (SSSR count). The van der Waals surface area contributed by atoms with Gasteiger partial charge in [0.2, 0.25) is 5.91 Å². The molecule has 0 spiro atoms. The summed E-state index contributed by atoms with van der Waals surface area (Å²) in [6.45, 7) is 2.66. The highest BCUT2D eigenvalue weighted by Crippen LogP contribution is 2.31. The van der Waals surface area contributed by atoms with Crippen LogP contribution in [0.5, 0.6) is 0 Å². The van der Waals surface area contributed by atoms with Crippen LogP contribution in [0.4, 0.5) is 13.2 Å². The number of nitrogens with zero attached hydrogens (tertiary/aromatic N) is 1. The van der Waals surface area contributed by atoms with Gasteiger partial charge < -0.3 is 9.32 Å². The number of amides is 1. The summed E-state index contributed by atoms with van der Waals surface area (Å²) in [6.07, 6.45) is -2.59. The van der Waals surface area contributed by atoms with Gasteiger partial charge in [-0.05, 0) is 47.2 Å². The first-order valence-electron chi connectivity index (χ1n) is 8.82. The molecular formula is C21H20F3NO2S. The van der Waals surface area contributed by atoms with Crippen LogP contribution >= 0.6 is 11.3 Å². The van der Waals surface area contributed by atoms with Crippen molar-refractivity contribution in [2.75, 3.05) is 0 Å². The maximum Gasteiger partial charge on any atom is 0.416 e. The van der Waals surface area contributed by atoms with Gasteiger partial charge in [0, 0.05) is 11.3 Å². The Balaban J connectivity index is 1.69. The van der Waals surface area contributed by atoms with E-state index in [1.54, 1.807) is 28.6 Å². The molecule has 2 aromatic heterocycles. The van der Waals surface area contributed by atoms with Gasteiger partial charge in [0.25, 0.3) is 0 Å². The van der Waals surface area contributed by atoms with Crippen LogP contribution in [0, 0.1) is 0 Å². The van der Waals surface area contributed by atoms with Crippen molar-refractivity contribution in [2.45, 2.75) is 38.5 Å². The largest absolute Gasteiger partial charge is 0.467 e. The normalized spacial score (nSPS) is 12.7. The zero-order valence-corrected chi connectivity index (χ0v) is 16.1. The lowest BCUT2D eigenvalue weighted by molar-refractivity contribution is -0.137. The van der Waals surface area contributed by atoms with Crippen molar-refractivity contribution in [3.05, 3.63) is 81.9 Å². The van der Waals surface area contributed by atoms with Crippen molar-refractivity contribution in [1.82, 2.24) is 4.90 Å². The van der Waals surface area contributed by atoms with Crippen molar-refractivity contribution >= 4 is 17.2 Å². The van der Waals surface area contributed by atoms with E-state index in [0.29, 0.717) is 24.4 Å². The van der Waals surface area contributed by atoms with Crippen LogP contribution in [-0.2, 0) is 24.1 Å². The van der Waals surface area contributed by atoms with E-state index in [9.17, 15) is 18.0 Å². The van der Waals surface area contributed by atoms with Crippen LogP contribution in [0.25, 0.3) is 0 Å². The predicted octanol–water partition coefficient (Wildman–Crippen LogP) is 6.08. The van der Waals surface area contributed by atoms with Crippen molar-refractivity contribution in [1.29, 1.82) is 0 Å². The summed E-state index contributed by atoms with van der Waals surface area (Å²) < 4.78 is 43.6. The molecule has 2 heterocycles. The summed E-state index contributed by atoms with van der Waals surface area (Å²) in [4.78, 5) is 15.7. The molecule has 148 valence electrons. The average Bonchev–Trinajstić information content (AvgIpc) is 3.34. The highest BCUT2D eigenvalue weighted by Gasteiger charge is 2.30. The van der Waals surface area contributed by atoms with E-state index < -0.39 is 11.7 Å². The van der Waals surface area contributed by atoms with Crippen LogP contribution < -0.4 is 0 Å². The van der Waals surface area contributed by atoms with Gasteiger partial charge in [0.05, 0.1) is 24.9 Å². The number of rotatable bonds is 7. The lowest BCUT2D eigenvalue weighted by atomic mass is 9.96. The van der Waals surface area contributed by atoms with Gasteiger partial charge in [0.15, 0.2) is 0 Å². The molecule has 0 aliphatic heterocycles. The summed E-state index contributed by atoms with van der Waals surface area (Å²) in [6, 6.07) is 12.5. The second-order valence-corrected chi connectivity index (χ2v) is 7.67. The monoisotopic (exact) mass is 407 g/mol. The Morgan fingerprint density at radius 2 is 1.86 bits per heavy atom. The van der Waals surface area contributed by atoms with Crippen LogP contribution in [0.3, 0.4) is 0 Å². The first kappa shape index (κ1) is 20.2. The zero-order chi connectivity index (χ0) is 20.1. The Kier molecular flexibility index (Phi) is 6.24.